The van der Waals surface area contributed by atoms with Gasteiger partial charge in [0.1, 0.15) is 0 Å². The molecule has 1 saturated heterocycles. The van der Waals surface area contributed by atoms with E-state index in [-0.39, 0.29) is 12.2 Å². The van der Waals surface area contributed by atoms with Crippen LogP contribution in [0, 0.1) is 22.7 Å². The molecule has 0 bridgehead atoms. The van der Waals surface area contributed by atoms with Crippen LogP contribution in [0.5, 0.6) is 0 Å². The third kappa shape index (κ3) is 2.21. The van der Waals surface area contributed by atoms with Crippen molar-refractivity contribution in [3.63, 3.8) is 0 Å². The Hall–Kier alpha value is -0.340. The molecule has 0 amide bonds. The minimum Gasteiger partial charge on any atom is -0.392 e. The van der Waals surface area contributed by atoms with Crippen LogP contribution in [0.25, 0.3) is 0 Å². The molecule has 1 N–H and O–H groups in total. The summed E-state index contributed by atoms with van der Waals surface area (Å²) in [7, 11) is 0. The third-order valence-electron chi connectivity index (χ3n) is 8.08. The van der Waals surface area contributed by atoms with Crippen LogP contribution in [0.3, 0.4) is 0 Å². The molecule has 0 aromatic heterocycles. The maximum absolute atomic E-state index is 9.10. The molecule has 3 aliphatic rings. The first kappa shape index (κ1) is 16.5. The van der Waals surface area contributed by atoms with Gasteiger partial charge >= 0.3 is 0 Å². The molecule has 3 fully saturated rings. The molecule has 3 rings (SSSR count). The molecule has 6 atom stereocenters. The Morgan fingerprint density at radius 1 is 1.23 bits per heavy atom. The first-order chi connectivity index (χ1) is 10.3. The van der Waals surface area contributed by atoms with Crippen molar-refractivity contribution >= 4 is 0 Å². The molecule has 0 spiro atoms. The minimum absolute atomic E-state index is 0.146. The highest BCUT2D eigenvalue weighted by Crippen LogP contribution is 2.70. The maximum Gasteiger partial charge on any atom is 0.0976 e. The van der Waals surface area contributed by atoms with Crippen molar-refractivity contribution in [2.24, 2.45) is 22.7 Å². The van der Waals surface area contributed by atoms with Crippen molar-refractivity contribution in [2.75, 3.05) is 6.61 Å². The van der Waals surface area contributed by atoms with E-state index in [1.807, 2.05) is 6.08 Å². The standard InChI is InChI=1S/C20H34O2/c1-14(10-13-21)8-11-18(3)15(2)9-12-19(4)16(18)6-7-17-20(19,5)22-17/h10,15-17,21H,6-9,11-13H2,1-5H3. The number of hydrogen-bond acceptors (Lipinski definition) is 2. The highest BCUT2D eigenvalue weighted by molar-refractivity contribution is 5.20. The molecule has 0 aromatic rings. The summed E-state index contributed by atoms with van der Waals surface area (Å²) >= 11 is 0. The fourth-order valence-electron chi connectivity index (χ4n) is 5.90. The van der Waals surface area contributed by atoms with Crippen molar-refractivity contribution in [3.05, 3.63) is 11.6 Å². The summed E-state index contributed by atoms with van der Waals surface area (Å²) in [6.07, 6.45) is 10.1. The topological polar surface area (TPSA) is 32.8 Å². The minimum atomic E-state index is 0.146. The third-order valence-corrected chi connectivity index (χ3v) is 8.08. The van der Waals surface area contributed by atoms with Crippen LogP contribution in [0.4, 0.5) is 0 Å². The van der Waals surface area contributed by atoms with Gasteiger partial charge in [-0.05, 0) is 69.6 Å². The molecule has 126 valence electrons. The van der Waals surface area contributed by atoms with E-state index in [1.54, 1.807) is 0 Å². The van der Waals surface area contributed by atoms with E-state index in [9.17, 15) is 0 Å². The molecule has 1 aliphatic heterocycles. The van der Waals surface area contributed by atoms with Gasteiger partial charge in [-0.2, -0.15) is 0 Å². The lowest BCUT2D eigenvalue weighted by Crippen LogP contribution is -2.56. The van der Waals surface area contributed by atoms with E-state index in [0.717, 1.165) is 18.3 Å². The molecule has 2 heteroatoms. The lowest BCUT2D eigenvalue weighted by Gasteiger charge is -2.59. The van der Waals surface area contributed by atoms with Gasteiger partial charge in [-0.15, -0.1) is 0 Å². The van der Waals surface area contributed by atoms with Gasteiger partial charge in [-0.3, -0.25) is 0 Å². The second kappa shape index (κ2) is 5.34. The van der Waals surface area contributed by atoms with E-state index in [0.29, 0.717) is 16.9 Å². The summed E-state index contributed by atoms with van der Waals surface area (Å²) < 4.78 is 6.19. The molecule has 1 heterocycles. The molecule has 2 nitrogen and oxygen atoms in total. The monoisotopic (exact) mass is 306 g/mol. The first-order valence-electron chi connectivity index (χ1n) is 9.22. The average molecular weight is 306 g/mol. The van der Waals surface area contributed by atoms with Crippen LogP contribution in [0.1, 0.15) is 73.1 Å². The summed E-state index contributed by atoms with van der Waals surface area (Å²) in [6.45, 7) is 12.2. The molecule has 2 saturated carbocycles. The number of aliphatic hydroxyl groups is 1. The second-order valence-corrected chi connectivity index (χ2v) is 8.94. The summed E-state index contributed by atoms with van der Waals surface area (Å²) in [5, 5.41) is 9.10. The molecule has 22 heavy (non-hydrogen) atoms. The Morgan fingerprint density at radius 3 is 2.64 bits per heavy atom. The van der Waals surface area contributed by atoms with Crippen molar-refractivity contribution in [2.45, 2.75) is 84.8 Å². The van der Waals surface area contributed by atoms with Crippen LogP contribution in [-0.2, 0) is 4.74 Å². The van der Waals surface area contributed by atoms with Gasteiger partial charge in [0.15, 0.2) is 0 Å². The fraction of sp³-hybridized carbons (Fsp3) is 0.900. The summed E-state index contributed by atoms with van der Waals surface area (Å²) in [5.74, 6) is 1.56. The van der Waals surface area contributed by atoms with Gasteiger partial charge in [0.05, 0.1) is 18.3 Å². The smallest absolute Gasteiger partial charge is 0.0976 e. The summed E-state index contributed by atoms with van der Waals surface area (Å²) in [6, 6.07) is 0. The first-order valence-corrected chi connectivity index (χ1v) is 9.22. The van der Waals surface area contributed by atoms with Gasteiger partial charge < -0.3 is 9.84 Å². The van der Waals surface area contributed by atoms with E-state index in [4.69, 9.17) is 9.84 Å². The van der Waals surface area contributed by atoms with Gasteiger partial charge in [0.25, 0.3) is 0 Å². The number of hydrogen-bond donors (Lipinski definition) is 1. The van der Waals surface area contributed by atoms with Gasteiger partial charge in [-0.1, -0.05) is 32.4 Å². The van der Waals surface area contributed by atoms with Crippen LogP contribution < -0.4 is 0 Å². The van der Waals surface area contributed by atoms with Crippen LogP contribution in [0.15, 0.2) is 11.6 Å². The highest BCUT2D eigenvalue weighted by atomic mass is 16.6. The zero-order chi connectivity index (χ0) is 16.2. The van der Waals surface area contributed by atoms with Crippen molar-refractivity contribution in [1.29, 1.82) is 0 Å². The Balaban J connectivity index is 1.83. The molecular weight excluding hydrogens is 272 g/mol. The molecule has 6 unspecified atom stereocenters. The molecule has 2 aliphatic carbocycles. The summed E-state index contributed by atoms with van der Waals surface area (Å²) in [5.41, 5.74) is 2.24. The predicted molar refractivity (Wildman–Crippen MR) is 90.7 cm³/mol. The van der Waals surface area contributed by atoms with E-state index < -0.39 is 0 Å². The van der Waals surface area contributed by atoms with E-state index >= 15 is 0 Å². The van der Waals surface area contributed by atoms with E-state index in [1.165, 1.54) is 37.7 Å². The molecule has 0 aromatic carbocycles. The zero-order valence-corrected chi connectivity index (χ0v) is 15.1. The fourth-order valence-corrected chi connectivity index (χ4v) is 5.90. The summed E-state index contributed by atoms with van der Waals surface area (Å²) in [4.78, 5) is 0. The Bertz CT molecular complexity index is 470. The number of aliphatic hydroxyl groups excluding tert-OH is 1. The highest BCUT2D eigenvalue weighted by Gasteiger charge is 2.71. The van der Waals surface area contributed by atoms with Crippen molar-refractivity contribution in [1.82, 2.24) is 0 Å². The van der Waals surface area contributed by atoms with Crippen LogP contribution in [0.2, 0.25) is 0 Å². The number of fused-ring (bicyclic) bond motifs is 3. The van der Waals surface area contributed by atoms with Crippen molar-refractivity contribution < 1.29 is 9.84 Å². The number of allylic oxidation sites excluding steroid dienone is 1. The maximum atomic E-state index is 9.10. The zero-order valence-electron chi connectivity index (χ0n) is 15.1. The largest absolute Gasteiger partial charge is 0.392 e. The Labute approximate surface area is 136 Å². The average Bonchev–Trinajstić information content (AvgIpc) is 3.15. The number of epoxide rings is 1. The quantitative estimate of drug-likeness (QED) is 0.602. The Morgan fingerprint density at radius 2 is 1.95 bits per heavy atom. The lowest BCUT2D eigenvalue weighted by molar-refractivity contribution is -0.102. The van der Waals surface area contributed by atoms with Crippen molar-refractivity contribution in [3.8, 4) is 0 Å². The van der Waals surface area contributed by atoms with E-state index in [2.05, 4.69) is 34.6 Å². The normalized spacial score (nSPS) is 51.2. The number of ether oxygens (including phenoxy) is 1. The van der Waals surface area contributed by atoms with Gasteiger partial charge in [-0.25, -0.2) is 0 Å². The van der Waals surface area contributed by atoms with Gasteiger partial charge in [0.2, 0.25) is 0 Å². The second-order valence-electron chi connectivity index (χ2n) is 8.94. The van der Waals surface area contributed by atoms with Crippen LogP contribution in [-0.4, -0.2) is 23.4 Å². The number of rotatable bonds is 4. The Kier molecular flexibility index (Phi) is 4.01. The SMILES string of the molecule is CC(=CCO)CCC1(C)C(C)CCC2(C)C1CCC1OC12C. The molecule has 0 radical (unpaired) electrons. The van der Waals surface area contributed by atoms with Gasteiger partial charge in [0, 0.05) is 5.41 Å². The molecular formula is C20H34O2. The predicted octanol–water partition coefficient (Wildman–Crippen LogP) is 4.72. The van der Waals surface area contributed by atoms with Crippen LogP contribution >= 0.6 is 0 Å². The lowest BCUT2D eigenvalue weighted by atomic mass is 9.44.